The molecule has 4 fully saturated rings. The first kappa shape index (κ1) is 24.2. The number of sulfonamides is 1. The molecule has 1 saturated carbocycles. The summed E-state index contributed by atoms with van der Waals surface area (Å²) in [7, 11) is -3.88. The first-order valence-corrected chi connectivity index (χ1v) is 14.0. The van der Waals surface area contributed by atoms with Crippen LogP contribution in [-0.4, -0.2) is 77.6 Å². The number of likely N-dealkylation sites (tertiary alicyclic amines) is 2. The number of fused-ring (bicyclic) bond motifs is 1. The molecule has 0 N–H and O–H groups in total. The summed E-state index contributed by atoms with van der Waals surface area (Å²) >= 11 is 0. The lowest BCUT2D eigenvalue weighted by atomic mass is 10.0. The van der Waals surface area contributed by atoms with Crippen LogP contribution in [0.25, 0.3) is 0 Å². The molecule has 0 spiro atoms. The van der Waals surface area contributed by atoms with Crippen LogP contribution in [0.2, 0.25) is 0 Å². The maximum atomic E-state index is 13.7. The summed E-state index contributed by atoms with van der Waals surface area (Å²) in [5.41, 5.74) is 0. The van der Waals surface area contributed by atoms with Crippen molar-refractivity contribution in [1.82, 2.24) is 14.1 Å². The molecule has 0 radical (unpaired) electrons. The molecule has 4 atom stereocenters. The number of imide groups is 1. The van der Waals surface area contributed by atoms with E-state index in [4.69, 9.17) is 4.74 Å². The molecule has 3 aliphatic heterocycles. The van der Waals surface area contributed by atoms with Crippen molar-refractivity contribution in [2.75, 3.05) is 13.1 Å². The van der Waals surface area contributed by atoms with E-state index in [9.17, 15) is 22.8 Å². The minimum atomic E-state index is -3.88. The molecule has 1 aromatic rings. The van der Waals surface area contributed by atoms with E-state index < -0.39 is 28.0 Å². The van der Waals surface area contributed by atoms with Gasteiger partial charge in [0.1, 0.15) is 11.8 Å². The van der Waals surface area contributed by atoms with Crippen LogP contribution in [0.4, 0.5) is 0 Å². The van der Waals surface area contributed by atoms with Crippen LogP contribution in [0.1, 0.15) is 52.9 Å². The van der Waals surface area contributed by atoms with Gasteiger partial charge in [0.25, 0.3) is 0 Å². The van der Waals surface area contributed by atoms with E-state index >= 15 is 0 Å². The van der Waals surface area contributed by atoms with Crippen molar-refractivity contribution < 1.29 is 27.5 Å². The number of nitrogens with zero attached hydrogens (tertiary/aromatic N) is 3. The molecule has 5 rings (SSSR count). The lowest BCUT2D eigenvalue weighted by Crippen LogP contribution is -2.51. The van der Waals surface area contributed by atoms with Gasteiger partial charge in [0.05, 0.1) is 29.0 Å². The Kier molecular flexibility index (Phi) is 6.15. The average molecular weight is 504 g/mol. The minimum Gasteiger partial charge on any atom is -0.491 e. The highest BCUT2D eigenvalue weighted by atomic mass is 32.2. The van der Waals surface area contributed by atoms with Crippen molar-refractivity contribution in [2.45, 2.75) is 82.0 Å². The van der Waals surface area contributed by atoms with Gasteiger partial charge in [-0.25, -0.2) is 8.42 Å². The zero-order valence-corrected chi connectivity index (χ0v) is 21.2. The highest BCUT2D eigenvalue weighted by molar-refractivity contribution is 7.89. The van der Waals surface area contributed by atoms with E-state index in [2.05, 4.69) is 0 Å². The summed E-state index contributed by atoms with van der Waals surface area (Å²) < 4.78 is 33.9. The Hall–Kier alpha value is -2.46. The van der Waals surface area contributed by atoms with Crippen LogP contribution in [-0.2, 0) is 24.4 Å². The molecule has 35 heavy (non-hydrogen) atoms. The van der Waals surface area contributed by atoms with E-state index in [1.54, 1.807) is 24.0 Å². The Bertz CT molecular complexity index is 1130. The summed E-state index contributed by atoms with van der Waals surface area (Å²) in [6.45, 7) is 6.26. The van der Waals surface area contributed by atoms with Crippen LogP contribution in [0.5, 0.6) is 5.75 Å². The topological polar surface area (TPSA) is 104 Å². The SMILES string of the molecule is CC(C)Oc1ccc(S(=O)(=O)N2CCC[C@H]2C(=O)N2CC[C@H]3[C@H]2[C@H](C)C(=O)N3C(=O)C2CC2)cc1. The molecule has 3 heterocycles. The fourth-order valence-electron chi connectivity index (χ4n) is 5.83. The lowest BCUT2D eigenvalue weighted by molar-refractivity contribution is -0.146. The van der Waals surface area contributed by atoms with Gasteiger partial charge in [-0.2, -0.15) is 4.31 Å². The Morgan fingerprint density at radius 3 is 2.31 bits per heavy atom. The van der Waals surface area contributed by atoms with Crippen LogP contribution < -0.4 is 4.74 Å². The highest BCUT2D eigenvalue weighted by Gasteiger charge is 2.57. The number of carbonyl (C=O) groups is 3. The van der Waals surface area contributed by atoms with Gasteiger partial charge in [-0.15, -0.1) is 0 Å². The number of amides is 3. The minimum absolute atomic E-state index is 0.0253. The Balaban J connectivity index is 1.35. The van der Waals surface area contributed by atoms with Crippen molar-refractivity contribution in [3.8, 4) is 5.75 Å². The van der Waals surface area contributed by atoms with Crippen molar-refractivity contribution in [1.29, 1.82) is 0 Å². The van der Waals surface area contributed by atoms with Gasteiger partial charge >= 0.3 is 0 Å². The molecule has 0 aromatic heterocycles. The van der Waals surface area contributed by atoms with E-state index in [0.717, 1.165) is 12.8 Å². The van der Waals surface area contributed by atoms with E-state index in [1.807, 2.05) is 13.8 Å². The largest absolute Gasteiger partial charge is 0.491 e. The van der Waals surface area contributed by atoms with Crippen LogP contribution in [0.3, 0.4) is 0 Å². The van der Waals surface area contributed by atoms with Crippen LogP contribution >= 0.6 is 0 Å². The summed E-state index contributed by atoms with van der Waals surface area (Å²) in [5.74, 6) is -0.552. The Morgan fingerprint density at radius 1 is 1.00 bits per heavy atom. The monoisotopic (exact) mass is 503 g/mol. The van der Waals surface area contributed by atoms with Gasteiger partial charge in [0, 0.05) is 19.0 Å². The molecule has 10 heteroatoms. The average Bonchev–Trinajstić information content (AvgIpc) is 3.29. The first-order valence-electron chi connectivity index (χ1n) is 12.6. The fraction of sp³-hybridized carbons (Fsp3) is 0.640. The summed E-state index contributed by atoms with van der Waals surface area (Å²) in [6, 6.07) is 4.77. The quantitative estimate of drug-likeness (QED) is 0.550. The summed E-state index contributed by atoms with van der Waals surface area (Å²) in [5, 5.41) is 0. The molecule has 0 bridgehead atoms. The maximum Gasteiger partial charge on any atom is 0.243 e. The zero-order valence-electron chi connectivity index (χ0n) is 20.4. The normalized spacial score (nSPS) is 29.2. The number of carbonyl (C=O) groups excluding carboxylic acids is 3. The molecule has 9 nitrogen and oxygen atoms in total. The van der Waals surface area contributed by atoms with Gasteiger partial charge in [-0.3, -0.25) is 19.3 Å². The van der Waals surface area contributed by atoms with Gasteiger partial charge in [0.2, 0.25) is 27.7 Å². The molecule has 1 aliphatic carbocycles. The predicted octanol–water partition coefficient (Wildman–Crippen LogP) is 2.01. The molecule has 190 valence electrons. The number of ether oxygens (including phenoxy) is 1. The van der Waals surface area contributed by atoms with Crippen LogP contribution in [0.15, 0.2) is 29.2 Å². The van der Waals surface area contributed by atoms with Gasteiger partial charge in [0.15, 0.2) is 0 Å². The Morgan fingerprint density at radius 2 is 1.69 bits per heavy atom. The molecule has 1 aromatic carbocycles. The fourth-order valence-corrected chi connectivity index (χ4v) is 7.48. The van der Waals surface area contributed by atoms with Crippen molar-refractivity contribution >= 4 is 27.7 Å². The smallest absolute Gasteiger partial charge is 0.243 e. The second kappa shape index (κ2) is 8.89. The van der Waals surface area contributed by atoms with E-state index in [1.165, 1.54) is 21.3 Å². The first-order chi connectivity index (χ1) is 16.6. The highest BCUT2D eigenvalue weighted by Crippen LogP contribution is 2.41. The van der Waals surface area contributed by atoms with Crippen LogP contribution in [0, 0.1) is 11.8 Å². The third kappa shape index (κ3) is 4.14. The molecular formula is C25H33N3O6S. The summed E-state index contributed by atoms with van der Waals surface area (Å²) in [6.07, 6.45) is 3.18. The number of hydrogen-bond acceptors (Lipinski definition) is 6. The molecule has 3 amide bonds. The number of benzene rings is 1. The molecule has 3 saturated heterocycles. The zero-order chi connectivity index (χ0) is 25.1. The van der Waals surface area contributed by atoms with E-state index in [-0.39, 0.29) is 47.2 Å². The molecular weight excluding hydrogens is 470 g/mol. The van der Waals surface area contributed by atoms with Gasteiger partial charge in [-0.1, -0.05) is 6.92 Å². The van der Waals surface area contributed by atoms with E-state index in [0.29, 0.717) is 31.6 Å². The third-order valence-corrected chi connectivity index (χ3v) is 9.55. The predicted molar refractivity (Wildman–Crippen MR) is 127 cm³/mol. The second-order valence-corrected chi connectivity index (χ2v) is 12.3. The van der Waals surface area contributed by atoms with Crippen molar-refractivity contribution in [3.63, 3.8) is 0 Å². The van der Waals surface area contributed by atoms with Gasteiger partial charge in [-0.05, 0) is 70.2 Å². The maximum absolute atomic E-state index is 13.7. The Labute approximate surface area is 206 Å². The van der Waals surface area contributed by atoms with Gasteiger partial charge < -0.3 is 9.64 Å². The lowest BCUT2D eigenvalue weighted by Gasteiger charge is -2.31. The molecule has 0 unspecified atom stereocenters. The van der Waals surface area contributed by atoms with Crippen molar-refractivity contribution in [2.24, 2.45) is 11.8 Å². The standard InChI is InChI=1S/C25H33N3O6S/c1-15(2)34-18-8-10-19(11-9-18)35(32,33)27-13-4-5-21(27)25(31)26-14-12-20-22(26)16(3)23(29)28(20)24(30)17-6-7-17/h8-11,15-17,20-22H,4-7,12-14H2,1-3H3/t16-,20-,21-,22+/m0/s1. The van der Waals surface area contributed by atoms with Crippen molar-refractivity contribution in [3.05, 3.63) is 24.3 Å². The number of hydrogen-bond donors (Lipinski definition) is 0. The molecule has 4 aliphatic rings. The summed E-state index contributed by atoms with van der Waals surface area (Å²) in [4.78, 5) is 42.6. The number of rotatable bonds is 6. The third-order valence-electron chi connectivity index (χ3n) is 7.63. The second-order valence-electron chi connectivity index (χ2n) is 10.4.